The first-order chi connectivity index (χ1) is 9.31. The second-order valence-corrected chi connectivity index (χ2v) is 6.93. The van der Waals surface area contributed by atoms with E-state index in [1.54, 1.807) is 19.1 Å². The number of benzene rings is 1. The topological polar surface area (TPSA) is 96.0 Å². The van der Waals surface area contributed by atoms with E-state index in [0.717, 1.165) is 0 Å². The number of nitrogens with zero attached hydrogens (tertiary/aromatic N) is 1. The number of hydrogen-bond acceptors (Lipinski definition) is 4. The third-order valence-electron chi connectivity index (χ3n) is 3.00. The maximum Gasteiger partial charge on any atom is 0.242 e. The Labute approximate surface area is 120 Å². The van der Waals surface area contributed by atoms with Crippen LogP contribution in [0.2, 0.25) is 0 Å². The zero-order valence-electron chi connectivity index (χ0n) is 12.1. The third kappa shape index (κ3) is 4.04. The average molecular weight is 295 g/mol. The minimum absolute atomic E-state index is 0.0159. The maximum absolute atomic E-state index is 12.4. The van der Waals surface area contributed by atoms with Crippen LogP contribution in [-0.4, -0.2) is 21.0 Å². The van der Waals surface area contributed by atoms with E-state index in [2.05, 4.69) is 4.72 Å². The van der Waals surface area contributed by atoms with Crippen LogP contribution in [0.25, 0.3) is 0 Å². The summed E-state index contributed by atoms with van der Waals surface area (Å²) >= 11 is 0. The molecule has 5 nitrogen and oxygen atoms in total. The van der Waals surface area contributed by atoms with Gasteiger partial charge < -0.3 is 5.73 Å². The maximum atomic E-state index is 12.4. The van der Waals surface area contributed by atoms with Crippen molar-refractivity contribution in [3.63, 3.8) is 0 Å². The fraction of sp³-hybridized carbons (Fsp3) is 0.500. The zero-order valence-corrected chi connectivity index (χ0v) is 12.9. The summed E-state index contributed by atoms with van der Waals surface area (Å²) in [6.45, 7) is 5.95. The fourth-order valence-corrected chi connectivity index (χ4v) is 3.54. The molecule has 0 aromatic heterocycles. The first kappa shape index (κ1) is 16.6. The molecule has 0 fully saturated rings. The van der Waals surface area contributed by atoms with Gasteiger partial charge in [0.1, 0.15) is 11.0 Å². The zero-order chi connectivity index (χ0) is 15.3. The molecule has 0 aliphatic heterocycles. The molecule has 0 saturated carbocycles. The number of sulfonamides is 1. The van der Waals surface area contributed by atoms with E-state index >= 15 is 0 Å². The Morgan fingerprint density at radius 2 is 2.05 bits per heavy atom. The molecule has 110 valence electrons. The van der Waals surface area contributed by atoms with E-state index in [0.29, 0.717) is 17.9 Å². The lowest BCUT2D eigenvalue weighted by Crippen LogP contribution is -2.41. The summed E-state index contributed by atoms with van der Waals surface area (Å²) < 4.78 is 27.4. The molecule has 0 radical (unpaired) electrons. The molecule has 0 saturated heterocycles. The average Bonchev–Trinajstić information content (AvgIpc) is 2.36. The van der Waals surface area contributed by atoms with Gasteiger partial charge in [-0.1, -0.05) is 26.0 Å². The molecule has 20 heavy (non-hydrogen) atoms. The predicted molar refractivity (Wildman–Crippen MR) is 78.5 cm³/mol. The first-order valence-electron chi connectivity index (χ1n) is 6.54. The van der Waals surface area contributed by atoms with Gasteiger partial charge in [-0.05, 0) is 30.9 Å². The Balaban J connectivity index is 3.12. The highest BCUT2D eigenvalue weighted by atomic mass is 32.2. The van der Waals surface area contributed by atoms with Crippen LogP contribution >= 0.6 is 0 Å². The largest absolute Gasteiger partial charge is 0.329 e. The van der Waals surface area contributed by atoms with Crippen molar-refractivity contribution in [1.29, 1.82) is 5.26 Å². The van der Waals surface area contributed by atoms with Crippen LogP contribution < -0.4 is 10.5 Å². The summed E-state index contributed by atoms with van der Waals surface area (Å²) in [4.78, 5) is 0.0159. The van der Waals surface area contributed by atoms with Crippen molar-refractivity contribution in [1.82, 2.24) is 4.72 Å². The SMILES string of the molecule is Cc1cccc(S(=O)(=O)NC(CN)CC(C)C)c1C#N. The van der Waals surface area contributed by atoms with Crippen molar-refractivity contribution in [3.8, 4) is 6.07 Å². The molecule has 1 unspecified atom stereocenters. The Morgan fingerprint density at radius 3 is 2.55 bits per heavy atom. The number of nitrogens with two attached hydrogens (primary N) is 1. The van der Waals surface area contributed by atoms with Crippen LogP contribution in [0.5, 0.6) is 0 Å². The van der Waals surface area contributed by atoms with E-state index in [1.165, 1.54) is 6.07 Å². The summed E-state index contributed by atoms with van der Waals surface area (Å²) in [7, 11) is -3.73. The van der Waals surface area contributed by atoms with Gasteiger partial charge in [-0.2, -0.15) is 5.26 Å². The lowest BCUT2D eigenvalue weighted by atomic mass is 10.1. The molecule has 0 aliphatic rings. The number of aryl methyl sites for hydroxylation is 1. The molecule has 0 heterocycles. The molecular formula is C14H21N3O2S. The van der Waals surface area contributed by atoms with Crippen molar-refractivity contribution < 1.29 is 8.42 Å². The van der Waals surface area contributed by atoms with Crippen LogP contribution in [-0.2, 0) is 10.0 Å². The molecular weight excluding hydrogens is 274 g/mol. The summed E-state index contributed by atoms with van der Waals surface area (Å²) in [5.41, 5.74) is 6.44. The molecule has 1 atom stereocenters. The van der Waals surface area contributed by atoms with Crippen LogP contribution in [0.3, 0.4) is 0 Å². The number of nitrogens with one attached hydrogen (secondary N) is 1. The molecule has 0 aliphatic carbocycles. The number of nitriles is 1. The van der Waals surface area contributed by atoms with E-state index in [9.17, 15) is 8.42 Å². The van der Waals surface area contributed by atoms with Crippen molar-refractivity contribution in [2.24, 2.45) is 11.7 Å². The Bertz CT molecular complexity index is 603. The predicted octanol–water partition coefficient (Wildman–Crippen LogP) is 1.52. The number of rotatable bonds is 6. The first-order valence-corrected chi connectivity index (χ1v) is 8.02. The summed E-state index contributed by atoms with van der Waals surface area (Å²) in [5, 5.41) is 9.13. The normalized spacial score (nSPS) is 13.2. The highest BCUT2D eigenvalue weighted by Gasteiger charge is 2.23. The van der Waals surface area contributed by atoms with Gasteiger partial charge in [0, 0.05) is 12.6 Å². The van der Waals surface area contributed by atoms with Gasteiger partial charge in [-0.3, -0.25) is 0 Å². The molecule has 0 bridgehead atoms. The standard InChI is InChI=1S/C14H21N3O2S/c1-10(2)7-12(8-15)17-20(18,19)14-6-4-5-11(3)13(14)9-16/h4-6,10,12,17H,7-8,15H2,1-3H3. The van der Waals surface area contributed by atoms with Crippen LogP contribution in [0, 0.1) is 24.2 Å². The molecule has 1 rings (SSSR count). The molecule has 1 aromatic rings. The van der Waals surface area contributed by atoms with Gasteiger partial charge in [0.15, 0.2) is 0 Å². The lowest BCUT2D eigenvalue weighted by Gasteiger charge is -2.19. The van der Waals surface area contributed by atoms with Crippen molar-refractivity contribution in [2.45, 2.75) is 38.1 Å². The fourth-order valence-electron chi connectivity index (χ4n) is 2.05. The monoisotopic (exact) mass is 295 g/mol. The summed E-state index contributed by atoms with van der Waals surface area (Å²) in [6, 6.07) is 6.41. The van der Waals surface area contributed by atoms with E-state index in [1.807, 2.05) is 19.9 Å². The van der Waals surface area contributed by atoms with Crippen molar-refractivity contribution in [2.75, 3.05) is 6.54 Å². The minimum atomic E-state index is -3.73. The third-order valence-corrected chi connectivity index (χ3v) is 4.56. The van der Waals surface area contributed by atoms with Gasteiger partial charge >= 0.3 is 0 Å². The quantitative estimate of drug-likeness (QED) is 0.831. The van der Waals surface area contributed by atoms with Crippen LogP contribution in [0.4, 0.5) is 0 Å². The highest BCUT2D eigenvalue weighted by Crippen LogP contribution is 2.19. The molecule has 6 heteroatoms. The molecule has 1 aromatic carbocycles. The second kappa shape index (κ2) is 6.84. The second-order valence-electron chi connectivity index (χ2n) is 5.24. The Morgan fingerprint density at radius 1 is 1.40 bits per heavy atom. The van der Waals surface area contributed by atoms with Gasteiger partial charge in [-0.25, -0.2) is 13.1 Å². The van der Waals surface area contributed by atoms with E-state index in [-0.39, 0.29) is 23.0 Å². The van der Waals surface area contributed by atoms with E-state index in [4.69, 9.17) is 11.0 Å². The Kier molecular flexibility index (Phi) is 5.69. The smallest absolute Gasteiger partial charge is 0.242 e. The van der Waals surface area contributed by atoms with Gasteiger partial charge in [0.05, 0.1) is 5.56 Å². The van der Waals surface area contributed by atoms with Gasteiger partial charge in [-0.15, -0.1) is 0 Å². The molecule has 0 amide bonds. The number of hydrogen-bond donors (Lipinski definition) is 2. The highest BCUT2D eigenvalue weighted by molar-refractivity contribution is 7.89. The van der Waals surface area contributed by atoms with Crippen molar-refractivity contribution in [3.05, 3.63) is 29.3 Å². The van der Waals surface area contributed by atoms with Crippen LogP contribution in [0.15, 0.2) is 23.1 Å². The molecule has 3 N–H and O–H groups in total. The minimum Gasteiger partial charge on any atom is -0.329 e. The van der Waals surface area contributed by atoms with Gasteiger partial charge in [0.25, 0.3) is 0 Å². The van der Waals surface area contributed by atoms with Crippen molar-refractivity contribution >= 4 is 10.0 Å². The molecule has 0 spiro atoms. The van der Waals surface area contributed by atoms with Crippen LogP contribution in [0.1, 0.15) is 31.4 Å². The Hall–Kier alpha value is -1.42. The van der Waals surface area contributed by atoms with Gasteiger partial charge in [0.2, 0.25) is 10.0 Å². The lowest BCUT2D eigenvalue weighted by molar-refractivity contribution is 0.465. The summed E-state index contributed by atoms with van der Waals surface area (Å²) in [5.74, 6) is 0.333. The van der Waals surface area contributed by atoms with E-state index < -0.39 is 10.0 Å². The summed E-state index contributed by atoms with van der Waals surface area (Å²) in [6.07, 6.45) is 0.656.